The number of ether oxygens (including phenoxy) is 3. The number of methoxy groups -OCH3 is 3. The van der Waals surface area contributed by atoms with Gasteiger partial charge >= 0.3 is 119 Å². The summed E-state index contributed by atoms with van der Waals surface area (Å²) in [6, 6.07) is 14.1. The van der Waals surface area contributed by atoms with Gasteiger partial charge in [-0.2, -0.15) is 0 Å². The number of hydrogen-bond donors (Lipinski definition) is 0. The quantitative estimate of drug-likeness (QED) is 0.778. The van der Waals surface area contributed by atoms with E-state index in [0.29, 0.717) is 0 Å². The van der Waals surface area contributed by atoms with Gasteiger partial charge in [0.15, 0.2) is 0 Å². The molecule has 2 aromatic carbocycles. The van der Waals surface area contributed by atoms with Crippen molar-refractivity contribution in [2.75, 3.05) is 21.3 Å². The van der Waals surface area contributed by atoms with Crippen molar-refractivity contribution < 1.29 is 14.2 Å². The van der Waals surface area contributed by atoms with Gasteiger partial charge in [-0.3, -0.25) is 0 Å². The Kier molecular flexibility index (Phi) is 4.72. The first kappa shape index (κ1) is 13.8. The molecule has 0 bridgehead atoms. The molecule has 0 aliphatic rings. The molecule has 100 valence electrons. The Morgan fingerprint density at radius 3 is 1.84 bits per heavy atom. The maximum absolute atomic E-state index is 5.46. The van der Waals surface area contributed by atoms with E-state index in [4.69, 9.17) is 14.2 Å². The molecule has 0 amide bonds. The van der Waals surface area contributed by atoms with E-state index in [1.54, 1.807) is 21.3 Å². The van der Waals surface area contributed by atoms with Crippen LogP contribution in [0.4, 0.5) is 0 Å². The molecule has 0 aliphatic heterocycles. The third-order valence-corrected chi connectivity index (χ3v) is 4.97. The van der Waals surface area contributed by atoms with Crippen LogP contribution >= 0.6 is 0 Å². The van der Waals surface area contributed by atoms with Crippen molar-refractivity contribution >= 4 is 23.9 Å². The van der Waals surface area contributed by atoms with Crippen molar-refractivity contribution in [1.29, 1.82) is 0 Å². The molecule has 0 heterocycles. The summed E-state index contributed by atoms with van der Waals surface area (Å²) in [4.78, 5) is 0. The molecule has 3 nitrogen and oxygen atoms in total. The van der Waals surface area contributed by atoms with E-state index in [0.717, 1.165) is 21.7 Å². The molecule has 0 N–H and O–H groups in total. The monoisotopic (exact) mass is 324 g/mol. The Bertz CT molecular complexity index is 515. The van der Waals surface area contributed by atoms with Crippen LogP contribution < -0.4 is 23.1 Å². The summed E-state index contributed by atoms with van der Waals surface area (Å²) in [5.74, 6) is 2.35. The fourth-order valence-electron chi connectivity index (χ4n) is 1.68. The van der Waals surface area contributed by atoms with Crippen molar-refractivity contribution in [2.24, 2.45) is 0 Å². The molecule has 2 aromatic rings. The average Bonchev–Trinajstić information content (AvgIpc) is 2.48. The molecule has 4 heteroatoms. The van der Waals surface area contributed by atoms with Gasteiger partial charge in [0.2, 0.25) is 0 Å². The third-order valence-electron chi connectivity index (χ3n) is 2.63. The summed E-state index contributed by atoms with van der Waals surface area (Å²) in [5.41, 5.74) is 0. The van der Waals surface area contributed by atoms with Crippen molar-refractivity contribution in [3.63, 3.8) is 0 Å². The summed E-state index contributed by atoms with van der Waals surface area (Å²) in [6.07, 6.45) is 0. The van der Waals surface area contributed by atoms with Crippen LogP contribution in [0.2, 0.25) is 0 Å². The fraction of sp³-hybridized carbons (Fsp3) is 0.200. The zero-order valence-electron chi connectivity index (χ0n) is 11.2. The molecule has 0 aromatic heterocycles. The first-order valence-electron chi connectivity index (χ1n) is 5.81. The fourth-order valence-corrected chi connectivity index (χ4v) is 3.81. The van der Waals surface area contributed by atoms with Gasteiger partial charge in [-0.1, -0.05) is 0 Å². The van der Waals surface area contributed by atoms with Gasteiger partial charge in [0.1, 0.15) is 0 Å². The van der Waals surface area contributed by atoms with Crippen LogP contribution in [0, 0.1) is 0 Å². The van der Waals surface area contributed by atoms with Gasteiger partial charge in [0.25, 0.3) is 0 Å². The average molecular weight is 323 g/mol. The van der Waals surface area contributed by atoms with Crippen LogP contribution in [0.1, 0.15) is 0 Å². The predicted octanol–water partition coefficient (Wildman–Crippen LogP) is 1.37. The second-order valence-corrected chi connectivity index (χ2v) is 6.05. The van der Waals surface area contributed by atoms with E-state index in [-0.39, 0.29) is 15.0 Å². The minimum atomic E-state index is 0.129. The van der Waals surface area contributed by atoms with E-state index in [1.807, 2.05) is 30.3 Å². The van der Waals surface area contributed by atoms with Gasteiger partial charge < -0.3 is 0 Å². The second-order valence-electron chi connectivity index (χ2n) is 3.78. The first-order chi connectivity index (χ1) is 9.28. The molecule has 0 aliphatic carbocycles. The first-order valence-corrected chi connectivity index (χ1v) is 7.52. The van der Waals surface area contributed by atoms with Crippen LogP contribution in [-0.4, -0.2) is 36.3 Å². The summed E-state index contributed by atoms with van der Waals surface area (Å²) in [7, 11) is 4.97. The molecule has 0 atom stereocenters. The number of hydrogen-bond acceptors (Lipinski definition) is 3. The molecule has 2 rings (SSSR count). The van der Waals surface area contributed by atoms with Gasteiger partial charge in [-0.25, -0.2) is 0 Å². The van der Waals surface area contributed by atoms with Gasteiger partial charge in [-0.05, 0) is 0 Å². The standard InChI is InChI=1S/C15H16O3Se/c1-16-11-9-13(17-2)15(14(10-11)18-3)19-12-7-5-4-6-8-12/h4-10H,1-3H3. The van der Waals surface area contributed by atoms with E-state index in [1.165, 1.54) is 4.46 Å². The molecular weight excluding hydrogens is 307 g/mol. The second kappa shape index (κ2) is 6.50. The van der Waals surface area contributed by atoms with Crippen molar-refractivity contribution in [3.05, 3.63) is 42.5 Å². The Morgan fingerprint density at radius 1 is 0.789 bits per heavy atom. The van der Waals surface area contributed by atoms with Crippen molar-refractivity contribution in [1.82, 2.24) is 0 Å². The molecule has 0 saturated carbocycles. The van der Waals surface area contributed by atoms with Crippen LogP contribution in [0.15, 0.2) is 42.5 Å². The van der Waals surface area contributed by atoms with Crippen molar-refractivity contribution in [3.8, 4) is 17.2 Å². The maximum atomic E-state index is 5.46. The van der Waals surface area contributed by atoms with Crippen LogP contribution in [0.3, 0.4) is 0 Å². The molecular formula is C15H16O3Se. The number of benzene rings is 2. The summed E-state index contributed by atoms with van der Waals surface area (Å²) in [5, 5.41) is 0. The third kappa shape index (κ3) is 3.22. The van der Waals surface area contributed by atoms with E-state index >= 15 is 0 Å². The summed E-state index contributed by atoms with van der Waals surface area (Å²) < 4.78 is 18.5. The Labute approximate surface area is 119 Å². The molecule has 0 radical (unpaired) electrons. The van der Waals surface area contributed by atoms with E-state index in [9.17, 15) is 0 Å². The molecule has 19 heavy (non-hydrogen) atoms. The van der Waals surface area contributed by atoms with Crippen molar-refractivity contribution in [2.45, 2.75) is 0 Å². The Hall–Kier alpha value is -1.64. The predicted molar refractivity (Wildman–Crippen MR) is 77.6 cm³/mol. The van der Waals surface area contributed by atoms with Gasteiger partial charge in [0, 0.05) is 0 Å². The molecule has 0 saturated heterocycles. The topological polar surface area (TPSA) is 27.7 Å². The van der Waals surface area contributed by atoms with Crippen LogP contribution in [0.5, 0.6) is 17.2 Å². The molecule has 0 unspecified atom stereocenters. The molecule has 0 spiro atoms. The Balaban J connectivity index is 2.42. The minimum absolute atomic E-state index is 0.129. The zero-order chi connectivity index (χ0) is 13.7. The van der Waals surface area contributed by atoms with E-state index in [2.05, 4.69) is 12.1 Å². The van der Waals surface area contributed by atoms with E-state index < -0.39 is 0 Å². The number of rotatable bonds is 5. The van der Waals surface area contributed by atoms with Gasteiger partial charge in [-0.15, -0.1) is 0 Å². The zero-order valence-corrected chi connectivity index (χ0v) is 12.9. The summed E-state index contributed by atoms with van der Waals surface area (Å²) in [6.45, 7) is 0. The van der Waals surface area contributed by atoms with Crippen LogP contribution in [-0.2, 0) is 0 Å². The van der Waals surface area contributed by atoms with Gasteiger partial charge in [0.05, 0.1) is 0 Å². The normalized spacial score (nSPS) is 10.1. The molecule has 0 fully saturated rings. The van der Waals surface area contributed by atoms with Crippen LogP contribution in [0.25, 0.3) is 0 Å². The SMILES string of the molecule is COc1cc(OC)c([Se]c2ccccc2)c(OC)c1. The summed E-state index contributed by atoms with van der Waals surface area (Å²) >= 11 is 0.129. The Morgan fingerprint density at radius 2 is 1.37 bits per heavy atom.